The molecule has 1 aliphatic rings. The summed E-state index contributed by atoms with van der Waals surface area (Å²) in [5.41, 5.74) is 12.1. The number of furan rings is 1. The minimum atomic E-state index is -0.230. The Morgan fingerprint density at radius 1 is 0.453 bits per heavy atom. The molecule has 4 heteroatoms. The first kappa shape index (κ1) is 31.0. The molecule has 0 aliphatic carbocycles. The van der Waals surface area contributed by atoms with Gasteiger partial charge in [0.25, 0.3) is 0 Å². The molecule has 0 saturated heterocycles. The molecular formula is C49H35N3O. The van der Waals surface area contributed by atoms with E-state index in [1.165, 1.54) is 38.6 Å². The van der Waals surface area contributed by atoms with Gasteiger partial charge in [-0.3, -0.25) is 5.32 Å². The van der Waals surface area contributed by atoms with Gasteiger partial charge in [0.05, 0.1) is 0 Å². The number of aliphatic imine (C=N–C) groups is 1. The molecule has 2 unspecified atom stereocenters. The van der Waals surface area contributed by atoms with Crippen molar-refractivity contribution in [3.63, 3.8) is 0 Å². The molecule has 0 amide bonds. The second kappa shape index (κ2) is 13.1. The van der Waals surface area contributed by atoms with Crippen molar-refractivity contribution in [2.75, 3.05) is 0 Å². The molecule has 0 saturated carbocycles. The zero-order valence-corrected chi connectivity index (χ0v) is 28.9. The summed E-state index contributed by atoms with van der Waals surface area (Å²) in [5, 5.41) is 12.1. The van der Waals surface area contributed by atoms with E-state index in [1.54, 1.807) is 0 Å². The van der Waals surface area contributed by atoms with E-state index < -0.39 is 0 Å². The van der Waals surface area contributed by atoms with E-state index in [-0.39, 0.29) is 12.3 Å². The van der Waals surface area contributed by atoms with Crippen LogP contribution in [-0.2, 0) is 0 Å². The third kappa shape index (κ3) is 5.76. The first-order chi connectivity index (χ1) is 26.2. The van der Waals surface area contributed by atoms with Crippen LogP contribution < -0.4 is 10.6 Å². The maximum Gasteiger partial charge on any atom is 0.136 e. The van der Waals surface area contributed by atoms with Crippen LogP contribution in [0.2, 0.25) is 0 Å². The number of hydrogen-bond donors (Lipinski definition) is 2. The lowest BCUT2D eigenvalue weighted by Gasteiger charge is -2.32. The van der Waals surface area contributed by atoms with Crippen molar-refractivity contribution in [1.29, 1.82) is 0 Å². The molecular weight excluding hydrogens is 647 g/mol. The number of nitrogens with one attached hydrogen (secondary N) is 2. The number of hydrogen-bond acceptors (Lipinski definition) is 4. The Balaban J connectivity index is 1.06. The summed E-state index contributed by atoms with van der Waals surface area (Å²) < 4.78 is 6.54. The molecule has 53 heavy (non-hydrogen) atoms. The molecule has 252 valence electrons. The van der Waals surface area contributed by atoms with Gasteiger partial charge in [-0.05, 0) is 67.9 Å². The van der Waals surface area contributed by atoms with Crippen LogP contribution in [0.3, 0.4) is 0 Å². The van der Waals surface area contributed by atoms with E-state index in [1.807, 2.05) is 12.1 Å². The minimum absolute atomic E-state index is 0.166. The lowest BCUT2D eigenvalue weighted by Crippen LogP contribution is -2.44. The van der Waals surface area contributed by atoms with Crippen LogP contribution in [0.25, 0.3) is 66.1 Å². The second-order valence-electron chi connectivity index (χ2n) is 13.6. The molecule has 0 bridgehead atoms. The largest absolute Gasteiger partial charge is 0.456 e. The second-order valence-corrected chi connectivity index (χ2v) is 13.6. The normalized spacial score (nSPS) is 15.7. The summed E-state index contributed by atoms with van der Waals surface area (Å²) in [7, 11) is 0. The Bertz CT molecular complexity index is 2750. The molecule has 1 aliphatic heterocycles. The maximum atomic E-state index is 6.54. The third-order valence-corrected chi connectivity index (χ3v) is 10.4. The van der Waals surface area contributed by atoms with Crippen LogP contribution in [-0.4, -0.2) is 5.84 Å². The molecule has 9 aromatic rings. The standard InChI is InChI=1S/C49H35N3O/c1-4-12-32(13-5-1)33-20-24-37(25-21-33)48-50-47(36-16-8-3-9-17-36)51-49(52-48)38-26-22-35(23-27-38)45-41(34-14-6-2-7-15-34)28-29-43-46(45)42-30-39-18-10-11-19-40(39)31-44(42)53-43/h1-31,48-49,52H,(H,50,51). The summed E-state index contributed by atoms with van der Waals surface area (Å²) in [4.78, 5) is 5.17. The quantitative estimate of drug-likeness (QED) is 0.184. The Morgan fingerprint density at radius 3 is 1.72 bits per heavy atom. The molecule has 0 radical (unpaired) electrons. The monoisotopic (exact) mass is 681 g/mol. The smallest absolute Gasteiger partial charge is 0.136 e. The molecule has 10 rings (SSSR count). The third-order valence-electron chi connectivity index (χ3n) is 10.4. The van der Waals surface area contributed by atoms with Gasteiger partial charge < -0.3 is 9.73 Å². The molecule has 8 aromatic carbocycles. The van der Waals surface area contributed by atoms with Crippen molar-refractivity contribution in [3.05, 3.63) is 205 Å². The van der Waals surface area contributed by atoms with E-state index in [0.29, 0.717) is 0 Å². The van der Waals surface area contributed by atoms with Crippen molar-refractivity contribution >= 4 is 38.5 Å². The summed E-state index contributed by atoms with van der Waals surface area (Å²) in [5.74, 6) is 0.865. The van der Waals surface area contributed by atoms with Gasteiger partial charge in [-0.15, -0.1) is 0 Å². The van der Waals surface area contributed by atoms with Gasteiger partial charge in [0.1, 0.15) is 29.3 Å². The molecule has 2 heterocycles. The van der Waals surface area contributed by atoms with Gasteiger partial charge in [0, 0.05) is 21.9 Å². The fourth-order valence-corrected chi connectivity index (χ4v) is 7.69. The maximum absolute atomic E-state index is 6.54. The summed E-state index contributed by atoms with van der Waals surface area (Å²) in [6.45, 7) is 0. The molecule has 0 spiro atoms. The number of nitrogens with zero attached hydrogens (tertiary/aromatic N) is 1. The van der Waals surface area contributed by atoms with Crippen molar-refractivity contribution in [2.24, 2.45) is 4.99 Å². The van der Waals surface area contributed by atoms with Crippen LogP contribution in [0, 0.1) is 0 Å². The van der Waals surface area contributed by atoms with Crippen molar-refractivity contribution in [3.8, 4) is 33.4 Å². The zero-order valence-electron chi connectivity index (χ0n) is 28.9. The minimum Gasteiger partial charge on any atom is -0.456 e. The van der Waals surface area contributed by atoms with E-state index in [4.69, 9.17) is 9.41 Å². The van der Waals surface area contributed by atoms with E-state index in [0.717, 1.165) is 50.0 Å². The first-order valence-electron chi connectivity index (χ1n) is 18.1. The van der Waals surface area contributed by atoms with Crippen LogP contribution in [0.5, 0.6) is 0 Å². The van der Waals surface area contributed by atoms with E-state index in [9.17, 15) is 0 Å². The number of benzene rings is 8. The van der Waals surface area contributed by atoms with Gasteiger partial charge in [0.2, 0.25) is 0 Å². The molecule has 2 N–H and O–H groups in total. The fraction of sp³-hybridized carbons (Fsp3) is 0.0408. The molecule has 2 atom stereocenters. The first-order valence-corrected chi connectivity index (χ1v) is 18.1. The predicted molar refractivity (Wildman–Crippen MR) is 219 cm³/mol. The average molecular weight is 682 g/mol. The van der Waals surface area contributed by atoms with Crippen LogP contribution >= 0.6 is 0 Å². The summed E-state index contributed by atoms with van der Waals surface area (Å²) >= 11 is 0. The lowest BCUT2D eigenvalue weighted by molar-refractivity contribution is 0.409. The van der Waals surface area contributed by atoms with Gasteiger partial charge in [-0.2, -0.15) is 0 Å². The topological polar surface area (TPSA) is 49.6 Å². The van der Waals surface area contributed by atoms with Gasteiger partial charge >= 0.3 is 0 Å². The van der Waals surface area contributed by atoms with Crippen molar-refractivity contribution in [1.82, 2.24) is 10.6 Å². The highest BCUT2D eigenvalue weighted by Crippen LogP contribution is 2.44. The van der Waals surface area contributed by atoms with Crippen molar-refractivity contribution < 1.29 is 4.42 Å². The highest BCUT2D eigenvalue weighted by atomic mass is 16.3. The number of fused-ring (bicyclic) bond motifs is 4. The number of rotatable bonds is 6. The van der Waals surface area contributed by atoms with Crippen molar-refractivity contribution in [2.45, 2.75) is 12.3 Å². The van der Waals surface area contributed by atoms with E-state index in [2.05, 4.69) is 187 Å². The lowest BCUT2D eigenvalue weighted by atomic mass is 9.90. The van der Waals surface area contributed by atoms with Crippen LogP contribution in [0.1, 0.15) is 29.0 Å². The Hall–Kier alpha value is -6.75. The average Bonchev–Trinajstić information content (AvgIpc) is 3.60. The summed E-state index contributed by atoms with van der Waals surface area (Å²) in [6, 6.07) is 66.4. The van der Waals surface area contributed by atoms with Crippen LogP contribution in [0.4, 0.5) is 0 Å². The zero-order chi connectivity index (χ0) is 35.1. The molecule has 4 nitrogen and oxygen atoms in total. The Kier molecular flexibility index (Phi) is 7.67. The van der Waals surface area contributed by atoms with Gasteiger partial charge in [0.15, 0.2) is 0 Å². The Labute approximate surface area is 308 Å². The van der Waals surface area contributed by atoms with Crippen LogP contribution in [0.15, 0.2) is 197 Å². The molecule has 0 fully saturated rings. The highest BCUT2D eigenvalue weighted by Gasteiger charge is 2.26. The van der Waals surface area contributed by atoms with E-state index >= 15 is 0 Å². The van der Waals surface area contributed by atoms with Gasteiger partial charge in [-0.1, -0.05) is 170 Å². The molecule has 1 aromatic heterocycles. The fourth-order valence-electron chi connectivity index (χ4n) is 7.69. The predicted octanol–water partition coefficient (Wildman–Crippen LogP) is 12.1. The Morgan fingerprint density at radius 2 is 1.02 bits per heavy atom. The summed E-state index contributed by atoms with van der Waals surface area (Å²) in [6.07, 6.45) is -0.396. The number of amidine groups is 1. The SMILES string of the molecule is c1ccc(C2=NC(c3ccc(-c4ccccc4)cc3)NC(c3ccc(-c4c(-c5ccccc5)ccc5oc6cc7ccccc7cc6c45)cc3)N2)cc1. The van der Waals surface area contributed by atoms with Gasteiger partial charge in [-0.25, -0.2) is 4.99 Å². The highest BCUT2D eigenvalue weighted by molar-refractivity contribution is 6.18.